The van der Waals surface area contributed by atoms with Crippen LogP contribution < -0.4 is 4.90 Å². The molecular weight excluding hydrogens is 280 g/mol. The fourth-order valence-corrected chi connectivity index (χ4v) is 2.65. The summed E-state index contributed by atoms with van der Waals surface area (Å²) in [7, 11) is 2.17. The molecule has 5 heteroatoms. The van der Waals surface area contributed by atoms with E-state index in [0.717, 1.165) is 42.3 Å². The monoisotopic (exact) mass is 298 g/mol. The van der Waals surface area contributed by atoms with Crippen LogP contribution in [-0.2, 0) is 6.42 Å². The average Bonchev–Trinajstić information content (AvgIpc) is 2.28. The zero-order valence-electron chi connectivity index (χ0n) is 10.6. The lowest BCUT2D eigenvalue weighted by atomic mass is 10.2. The summed E-state index contributed by atoms with van der Waals surface area (Å²) in [5.74, 6) is 1.95. The maximum Gasteiger partial charge on any atom is 0.133 e. The first kappa shape index (κ1) is 12.8. The summed E-state index contributed by atoms with van der Waals surface area (Å²) in [6, 6.07) is 2.52. The lowest BCUT2D eigenvalue weighted by Crippen LogP contribution is -2.50. The fourth-order valence-electron chi connectivity index (χ4n) is 2.24. The summed E-state index contributed by atoms with van der Waals surface area (Å²) in [5, 5.41) is 0. The predicted octanol–water partition coefficient (Wildman–Crippen LogP) is 1.94. The predicted molar refractivity (Wildman–Crippen MR) is 73.4 cm³/mol. The van der Waals surface area contributed by atoms with Crippen LogP contribution in [0.3, 0.4) is 0 Å². The zero-order chi connectivity index (χ0) is 12.4. The van der Waals surface area contributed by atoms with E-state index >= 15 is 0 Å². The van der Waals surface area contributed by atoms with Gasteiger partial charge < -0.3 is 9.80 Å². The Morgan fingerprint density at radius 1 is 1.41 bits per heavy atom. The molecule has 1 atom stereocenters. The summed E-state index contributed by atoms with van der Waals surface area (Å²) in [4.78, 5) is 13.7. The minimum atomic E-state index is 0.500. The van der Waals surface area contributed by atoms with Gasteiger partial charge in [0, 0.05) is 38.2 Å². The van der Waals surface area contributed by atoms with Gasteiger partial charge in [-0.25, -0.2) is 9.97 Å². The number of anilines is 1. The molecule has 1 aliphatic rings. The molecule has 0 bridgehead atoms. The molecule has 0 saturated carbocycles. The Balaban J connectivity index is 2.24. The highest BCUT2D eigenvalue weighted by atomic mass is 79.9. The van der Waals surface area contributed by atoms with Crippen molar-refractivity contribution in [3.05, 3.63) is 16.5 Å². The third-order valence-electron chi connectivity index (χ3n) is 3.17. The SMILES string of the molecule is CCc1nc(Br)cc(N2CCN(C)CC2C)n1. The third-order valence-corrected chi connectivity index (χ3v) is 3.57. The molecule has 0 spiro atoms. The van der Waals surface area contributed by atoms with Crippen molar-refractivity contribution in [3.8, 4) is 0 Å². The minimum absolute atomic E-state index is 0.500. The molecule has 2 heterocycles. The van der Waals surface area contributed by atoms with Gasteiger partial charge in [-0.2, -0.15) is 0 Å². The molecule has 0 aliphatic carbocycles. The first-order valence-corrected chi connectivity index (χ1v) is 6.88. The Morgan fingerprint density at radius 3 is 2.82 bits per heavy atom. The number of halogens is 1. The average molecular weight is 299 g/mol. The molecule has 0 aromatic carbocycles. The van der Waals surface area contributed by atoms with E-state index in [-0.39, 0.29) is 0 Å². The zero-order valence-corrected chi connectivity index (χ0v) is 12.2. The molecule has 0 amide bonds. The molecule has 1 unspecified atom stereocenters. The summed E-state index contributed by atoms with van der Waals surface area (Å²) in [6.45, 7) is 7.54. The van der Waals surface area contributed by atoms with Crippen LogP contribution in [0.15, 0.2) is 10.7 Å². The Hall–Kier alpha value is -0.680. The van der Waals surface area contributed by atoms with Crippen molar-refractivity contribution in [2.45, 2.75) is 26.3 Å². The van der Waals surface area contributed by atoms with Gasteiger partial charge in [-0.05, 0) is 29.9 Å². The summed E-state index contributed by atoms with van der Waals surface area (Å²) in [6.07, 6.45) is 0.870. The normalized spacial score (nSPS) is 21.9. The molecule has 0 N–H and O–H groups in total. The first-order chi connectivity index (χ1) is 8.10. The van der Waals surface area contributed by atoms with Gasteiger partial charge in [0.15, 0.2) is 0 Å². The number of nitrogens with zero attached hydrogens (tertiary/aromatic N) is 4. The Bertz CT molecular complexity index is 396. The molecule has 1 saturated heterocycles. The molecule has 1 aromatic rings. The van der Waals surface area contributed by atoms with Crippen LogP contribution in [0.25, 0.3) is 0 Å². The molecule has 1 aliphatic heterocycles. The van der Waals surface area contributed by atoms with Crippen LogP contribution in [0.1, 0.15) is 19.7 Å². The smallest absolute Gasteiger partial charge is 0.133 e. The number of rotatable bonds is 2. The second-order valence-corrected chi connectivity index (χ2v) is 5.44. The van der Waals surface area contributed by atoms with Crippen molar-refractivity contribution in [2.75, 3.05) is 31.6 Å². The number of aromatic nitrogens is 2. The molecule has 2 rings (SSSR count). The highest BCUT2D eigenvalue weighted by Gasteiger charge is 2.23. The number of hydrogen-bond donors (Lipinski definition) is 0. The number of likely N-dealkylation sites (N-methyl/N-ethyl adjacent to an activating group) is 1. The van der Waals surface area contributed by atoms with E-state index in [2.05, 4.69) is 56.6 Å². The second-order valence-electron chi connectivity index (χ2n) is 4.62. The number of piperazine rings is 1. The third kappa shape index (κ3) is 2.96. The van der Waals surface area contributed by atoms with Crippen LogP contribution >= 0.6 is 15.9 Å². The Labute approximate surface area is 111 Å². The molecule has 94 valence electrons. The first-order valence-electron chi connectivity index (χ1n) is 6.08. The van der Waals surface area contributed by atoms with E-state index in [1.807, 2.05) is 6.07 Å². The highest BCUT2D eigenvalue weighted by molar-refractivity contribution is 9.10. The lowest BCUT2D eigenvalue weighted by Gasteiger charge is -2.39. The Kier molecular flexibility index (Phi) is 3.99. The van der Waals surface area contributed by atoms with Crippen molar-refractivity contribution >= 4 is 21.7 Å². The van der Waals surface area contributed by atoms with Gasteiger partial charge in [-0.3, -0.25) is 0 Å². The van der Waals surface area contributed by atoms with E-state index in [1.54, 1.807) is 0 Å². The number of aryl methyl sites for hydroxylation is 1. The molecule has 17 heavy (non-hydrogen) atoms. The van der Waals surface area contributed by atoms with Gasteiger partial charge in [0.05, 0.1) is 0 Å². The largest absolute Gasteiger partial charge is 0.351 e. The Morgan fingerprint density at radius 2 is 2.18 bits per heavy atom. The van der Waals surface area contributed by atoms with Crippen LogP contribution in [0.4, 0.5) is 5.82 Å². The van der Waals surface area contributed by atoms with Gasteiger partial charge in [0.25, 0.3) is 0 Å². The van der Waals surface area contributed by atoms with E-state index in [4.69, 9.17) is 0 Å². The summed E-state index contributed by atoms with van der Waals surface area (Å²) in [5.41, 5.74) is 0. The van der Waals surface area contributed by atoms with Crippen LogP contribution in [0.2, 0.25) is 0 Å². The van der Waals surface area contributed by atoms with E-state index in [0.29, 0.717) is 6.04 Å². The van der Waals surface area contributed by atoms with Crippen molar-refractivity contribution in [1.29, 1.82) is 0 Å². The maximum atomic E-state index is 4.62. The molecule has 1 aromatic heterocycles. The van der Waals surface area contributed by atoms with Gasteiger partial charge >= 0.3 is 0 Å². The maximum absolute atomic E-state index is 4.62. The molecular formula is C12H19BrN4. The standard InChI is InChI=1S/C12H19BrN4/c1-4-11-14-10(13)7-12(15-11)17-6-5-16(3)8-9(17)2/h7,9H,4-6,8H2,1-3H3. The quantitative estimate of drug-likeness (QED) is 0.781. The van der Waals surface area contributed by atoms with Crippen LogP contribution in [0.5, 0.6) is 0 Å². The topological polar surface area (TPSA) is 32.3 Å². The van der Waals surface area contributed by atoms with Crippen molar-refractivity contribution in [2.24, 2.45) is 0 Å². The van der Waals surface area contributed by atoms with Gasteiger partial charge in [-0.1, -0.05) is 6.92 Å². The second kappa shape index (κ2) is 5.31. The van der Waals surface area contributed by atoms with E-state index < -0.39 is 0 Å². The van der Waals surface area contributed by atoms with Gasteiger partial charge in [0.1, 0.15) is 16.2 Å². The molecule has 0 radical (unpaired) electrons. The fraction of sp³-hybridized carbons (Fsp3) is 0.667. The van der Waals surface area contributed by atoms with Crippen molar-refractivity contribution in [1.82, 2.24) is 14.9 Å². The van der Waals surface area contributed by atoms with Crippen molar-refractivity contribution in [3.63, 3.8) is 0 Å². The van der Waals surface area contributed by atoms with E-state index in [1.165, 1.54) is 0 Å². The van der Waals surface area contributed by atoms with Gasteiger partial charge in [-0.15, -0.1) is 0 Å². The number of hydrogen-bond acceptors (Lipinski definition) is 4. The molecule has 1 fully saturated rings. The highest BCUT2D eigenvalue weighted by Crippen LogP contribution is 2.21. The van der Waals surface area contributed by atoms with Gasteiger partial charge in [0.2, 0.25) is 0 Å². The van der Waals surface area contributed by atoms with Crippen LogP contribution in [-0.4, -0.2) is 47.6 Å². The molecule has 4 nitrogen and oxygen atoms in total. The van der Waals surface area contributed by atoms with Crippen molar-refractivity contribution < 1.29 is 0 Å². The van der Waals surface area contributed by atoms with Crippen LogP contribution in [0, 0.1) is 0 Å². The summed E-state index contributed by atoms with van der Waals surface area (Å²) >= 11 is 3.46. The summed E-state index contributed by atoms with van der Waals surface area (Å²) < 4.78 is 0.880. The lowest BCUT2D eigenvalue weighted by molar-refractivity contribution is 0.274. The van der Waals surface area contributed by atoms with E-state index in [9.17, 15) is 0 Å². The minimum Gasteiger partial charge on any atom is -0.351 e.